The van der Waals surface area contributed by atoms with E-state index in [1.807, 2.05) is 6.20 Å². The molecule has 1 aliphatic heterocycles. The summed E-state index contributed by atoms with van der Waals surface area (Å²) in [6.07, 6.45) is 7.34. The Morgan fingerprint density at radius 1 is 1.25 bits per heavy atom. The Balaban J connectivity index is 1.75. The standard InChI is InChI=1S/C16H19N3O/c1-2-9-20-15-4-3-14-12-19(8-5-13(14)10-15)16-11-17-6-7-18-16/h3-4,6-7,10-11H,2,5,8-9,12H2,1H3. The molecule has 104 valence electrons. The third kappa shape index (κ3) is 2.74. The van der Waals surface area contributed by atoms with Gasteiger partial charge < -0.3 is 9.64 Å². The molecule has 0 spiro atoms. The van der Waals surface area contributed by atoms with Crippen molar-refractivity contribution in [1.82, 2.24) is 9.97 Å². The average molecular weight is 269 g/mol. The summed E-state index contributed by atoms with van der Waals surface area (Å²) in [7, 11) is 0. The minimum atomic E-state index is 0.782. The van der Waals surface area contributed by atoms with Gasteiger partial charge in [0.15, 0.2) is 0 Å². The van der Waals surface area contributed by atoms with Gasteiger partial charge in [0.25, 0.3) is 0 Å². The fourth-order valence-electron chi connectivity index (χ4n) is 2.49. The Morgan fingerprint density at radius 2 is 2.20 bits per heavy atom. The number of hydrogen-bond acceptors (Lipinski definition) is 4. The summed E-state index contributed by atoms with van der Waals surface area (Å²) >= 11 is 0. The summed E-state index contributed by atoms with van der Waals surface area (Å²) in [6, 6.07) is 6.41. The minimum absolute atomic E-state index is 0.782. The van der Waals surface area contributed by atoms with Crippen molar-refractivity contribution in [2.45, 2.75) is 26.3 Å². The van der Waals surface area contributed by atoms with Crippen molar-refractivity contribution in [2.24, 2.45) is 0 Å². The van der Waals surface area contributed by atoms with Gasteiger partial charge in [-0.15, -0.1) is 0 Å². The lowest BCUT2D eigenvalue weighted by Crippen LogP contribution is -2.31. The molecule has 0 atom stereocenters. The predicted octanol–water partition coefficient (Wildman–Crippen LogP) is 2.83. The Morgan fingerprint density at radius 3 is 3.00 bits per heavy atom. The molecule has 0 saturated heterocycles. The quantitative estimate of drug-likeness (QED) is 0.855. The highest BCUT2D eigenvalue weighted by atomic mass is 16.5. The number of fused-ring (bicyclic) bond motifs is 1. The van der Waals surface area contributed by atoms with Gasteiger partial charge in [0.1, 0.15) is 11.6 Å². The van der Waals surface area contributed by atoms with Crippen LogP contribution >= 0.6 is 0 Å². The van der Waals surface area contributed by atoms with Crippen molar-refractivity contribution in [3.8, 4) is 5.75 Å². The second-order valence-electron chi connectivity index (χ2n) is 5.01. The molecule has 0 saturated carbocycles. The van der Waals surface area contributed by atoms with Gasteiger partial charge in [-0.05, 0) is 36.1 Å². The molecule has 1 aliphatic rings. The number of ether oxygens (including phenoxy) is 1. The minimum Gasteiger partial charge on any atom is -0.494 e. The third-order valence-electron chi connectivity index (χ3n) is 3.54. The molecule has 4 heteroatoms. The lowest BCUT2D eigenvalue weighted by atomic mass is 9.99. The van der Waals surface area contributed by atoms with Crippen LogP contribution in [0.2, 0.25) is 0 Å². The molecule has 0 N–H and O–H groups in total. The Labute approximate surface area is 119 Å². The van der Waals surface area contributed by atoms with Gasteiger partial charge in [-0.3, -0.25) is 4.98 Å². The van der Waals surface area contributed by atoms with E-state index in [0.717, 1.165) is 44.1 Å². The first-order valence-electron chi connectivity index (χ1n) is 7.12. The first-order valence-corrected chi connectivity index (χ1v) is 7.12. The zero-order valence-corrected chi connectivity index (χ0v) is 11.7. The van der Waals surface area contributed by atoms with Crippen LogP contribution in [-0.4, -0.2) is 23.1 Å². The van der Waals surface area contributed by atoms with Crippen molar-refractivity contribution in [3.05, 3.63) is 47.9 Å². The van der Waals surface area contributed by atoms with Crippen molar-refractivity contribution in [3.63, 3.8) is 0 Å². The molecule has 1 aromatic heterocycles. The number of rotatable bonds is 4. The first kappa shape index (κ1) is 12.9. The number of anilines is 1. The maximum Gasteiger partial charge on any atom is 0.147 e. The maximum atomic E-state index is 5.70. The van der Waals surface area contributed by atoms with Gasteiger partial charge in [0.2, 0.25) is 0 Å². The van der Waals surface area contributed by atoms with E-state index < -0.39 is 0 Å². The van der Waals surface area contributed by atoms with Crippen LogP contribution in [0.25, 0.3) is 0 Å². The molecule has 2 heterocycles. The van der Waals surface area contributed by atoms with Gasteiger partial charge in [0, 0.05) is 25.5 Å². The SMILES string of the molecule is CCCOc1ccc2c(c1)CCN(c1cnccn1)C2. The lowest BCUT2D eigenvalue weighted by Gasteiger charge is -2.29. The highest BCUT2D eigenvalue weighted by Gasteiger charge is 2.17. The van der Waals surface area contributed by atoms with E-state index in [1.54, 1.807) is 12.4 Å². The largest absolute Gasteiger partial charge is 0.494 e. The zero-order valence-electron chi connectivity index (χ0n) is 11.7. The predicted molar refractivity (Wildman–Crippen MR) is 79.0 cm³/mol. The number of benzene rings is 1. The van der Waals surface area contributed by atoms with Gasteiger partial charge >= 0.3 is 0 Å². The smallest absolute Gasteiger partial charge is 0.147 e. The van der Waals surface area contributed by atoms with Crippen molar-refractivity contribution in [2.75, 3.05) is 18.1 Å². The topological polar surface area (TPSA) is 38.2 Å². The normalized spacial score (nSPS) is 13.9. The van der Waals surface area contributed by atoms with Gasteiger partial charge in [-0.2, -0.15) is 0 Å². The molecule has 0 fully saturated rings. The second kappa shape index (κ2) is 5.90. The Kier molecular flexibility index (Phi) is 3.81. The summed E-state index contributed by atoms with van der Waals surface area (Å²) in [4.78, 5) is 10.8. The van der Waals surface area contributed by atoms with Crippen LogP contribution in [0.4, 0.5) is 5.82 Å². The molecular weight excluding hydrogens is 250 g/mol. The Bertz CT molecular complexity index is 571. The van der Waals surface area contributed by atoms with Crippen LogP contribution in [0, 0.1) is 0 Å². The van der Waals surface area contributed by atoms with Gasteiger partial charge in [0.05, 0.1) is 12.8 Å². The van der Waals surface area contributed by atoms with Crippen LogP contribution in [-0.2, 0) is 13.0 Å². The first-order chi connectivity index (χ1) is 9.86. The van der Waals surface area contributed by atoms with E-state index in [9.17, 15) is 0 Å². The van der Waals surface area contributed by atoms with Crippen LogP contribution in [0.15, 0.2) is 36.8 Å². The molecule has 2 aromatic rings. The monoisotopic (exact) mass is 269 g/mol. The van der Waals surface area contributed by atoms with Gasteiger partial charge in [-0.1, -0.05) is 13.0 Å². The molecule has 1 aromatic carbocycles. The zero-order chi connectivity index (χ0) is 13.8. The fourth-order valence-corrected chi connectivity index (χ4v) is 2.49. The number of nitrogens with zero attached hydrogens (tertiary/aromatic N) is 3. The summed E-state index contributed by atoms with van der Waals surface area (Å²) in [5, 5.41) is 0. The average Bonchev–Trinajstić information content (AvgIpc) is 2.53. The summed E-state index contributed by atoms with van der Waals surface area (Å²) < 4.78 is 5.70. The van der Waals surface area contributed by atoms with E-state index in [-0.39, 0.29) is 0 Å². The number of hydrogen-bond donors (Lipinski definition) is 0. The van der Waals surface area contributed by atoms with Crippen LogP contribution < -0.4 is 9.64 Å². The third-order valence-corrected chi connectivity index (χ3v) is 3.54. The van der Waals surface area contributed by atoms with Crippen LogP contribution in [0.5, 0.6) is 5.75 Å². The van der Waals surface area contributed by atoms with Crippen LogP contribution in [0.1, 0.15) is 24.5 Å². The summed E-state index contributed by atoms with van der Waals surface area (Å²) in [6.45, 7) is 4.77. The lowest BCUT2D eigenvalue weighted by molar-refractivity contribution is 0.317. The molecule has 4 nitrogen and oxygen atoms in total. The summed E-state index contributed by atoms with van der Waals surface area (Å²) in [5.41, 5.74) is 2.74. The highest BCUT2D eigenvalue weighted by Crippen LogP contribution is 2.26. The van der Waals surface area contributed by atoms with E-state index in [1.165, 1.54) is 11.1 Å². The molecule has 0 amide bonds. The number of aromatic nitrogens is 2. The molecular formula is C16H19N3O. The molecule has 0 aliphatic carbocycles. The second-order valence-corrected chi connectivity index (χ2v) is 5.01. The van der Waals surface area contributed by atoms with E-state index in [4.69, 9.17) is 4.74 Å². The highest BCUT2D eigenvalue weighted by molar-refractivity contribution is 5.44. The molecule has 0 bridgehead atoms. The molecule has 0 unspecified atom stereocenters. The van der Waals surface area contributed by atoms with Crippen LogP contribution in [0.3, 0.4) is 0 Å². The molecule has 20 heavy (non-hydrogen) atoms. The van der Waals surface area contributed by atoms with Crippen molar-refractivity contribution >= 4 is 5.82 Å². The molecule has 0 radical (unpaired) electrons. The maximum absolute atomic E-state index is 5.70. The van der Waals surface area contributed by atoms with Gasteiger partial charge in [-0.25, -0.2) is 4.98 Å². The van der Waals surface area contributed by atoms with Crippen molar-refractivity contribution in [1.29, 1.82) is 0 Å². The van der Waals surface area contributed by atoms with Crippen molar-refractivity contribution < 1.29 is 4.74 Å². The van der Waals surface area contributed by atoms with E-state index in [0.29, 0.717) is 0 Å². The Hall–Kier alpha value is -2.10. The fraction of sp³-hybridized carbons (Fsp3) is 0.375. The van der Waals surface area contributed by atoms with E-state index >= 15 is 0 Å². The molecule has 3 rings (SSSR count). The van der Waals surface area contributed by atoms with E-state index in [2.05, 4.69) is 40.0 Å². The summed E-state index contributed by atoms with van der Waals surface area (Å²) in [5.74, 6) is 1.93.